The number of rotatable bonds is 4. The molecule has 2 aromatic rings. The minimum atomic E-state index is -0.0409. The van der Waals surface area contributed by atoms with Gasteiger partial charge in [-0.15, -0.1) is 11.3 Å². The predicted molar refractivity (Wildman–Crippen MR) is 73.1 cm³/mol. The molecule has 1 aliphatic carbocycles. The number of nitrogens with one attached hydrogen (secondary N) is 2. The molecule has 2 aromatic heterocycles. The number of amides is 1. The van der Waals surface area contributed by atoms with Gasteiger partial charge in [0.05, 0.1) is 17.7 Å². The first-order valence-electron chi connectivity index (χ1n) is 6.54. The van der Waals surface area contributed by atoms with Crippen LogP contribution in [0.4, 0.5) is 0 Å². The Morgan fingerprint density at radius 2 is 2.26 bits per heavy atom. The van der Waals surface area contributed by atoms with Crippen LogP contribution in [0, 0.1) is 0 Å². The van der Waals surface area contributed by atoms with Gasteiger partial charge in [0.2, 0.25) is 0 Å². The lowest BCUT2D eigenvalue weighted by Crippen LogP contribution is -2.24. The third-order valence-electron chi connectivity index (χ3n) is 3.51. The fourth-order valence-corrected chi connectivity index (χ4v) is 3.34. The minimum absolute atomic E-state index is 0.0409. The van der Waals surface area contributed by atoms with Crippen molar-refractivity contribution >= 4 is 17.2 Å². The van der Waals surface area contributed by atoms with Crippen LogP contribution < -0.4 is 5.32 Å². The third-order valence-corrected chi connectivity index (χ3v) is 4.36. The SMILES string of the molecule is O=C(NCc1ncc[nH]1)c1scnc1C1CCCC1. The molecule has 0 radical (unpaired) electrons. The van der Waals surface area contributed by atoms with Crippen LogP contribution in [0.3, 0.4) is 0 Å². The number of nitrogens with zero attached hydrogens (tertiary/aromatic N) is 2. The van der Waals surface area contributed by atoms with Crippen molar-refractivity contribution in [2.24, 2.45) is 0 Å². The number of carbonyl (C=O) groups is 1. The molecule has 6 heteroatoms. The van der Waals surface area contributed by atoms with Gasteiger partial charge >= 0.3 is 0 Å². The second kappa shape index (κ2) is 5.52. The summed E-state index contributed by atoms with van der Waals surface area (Å²) in [4.78, 5) is 24.4. The normalized spacial score (nSPS) is 15.8. The summed E-state index contributed by atoms with van der Waals surface area (Å²) < 4.78 is 0. The number of aromatic amines is 1. The highest BCUT2D eigenvalue weighted by Gasteiger charge is 2.25. The summed E-state index contributed by atoms with van der Waals surface area (Å²) in [6.45, 7) is 0.424. The Balaban J connectivity index is 1.67. The van der Waals surface area contributed by atoms with E-state index in [9.17, 15) is 4.79 Å². The van der Waals surface area contributed by atoms with E-state index in [0.29, 0.717) is 12.5 Å². The molecule has 0 bridgehead atoms. The van der Waals surface area contributed by atoms with Crippen LogP contribution in [0.15, 0.2) is 17.9 Å². The Hall–Kier alpha value is -1.69. The van der Waals surface area contributed by atoms with Gasteiger partial charge in [-0.1, -0.05) is 12.8 Å². The number of thiazole rings is 1. The van der Waals surface area contributed by atoms with Gasteiger partial charge in [-0.25, -0.2) is 9.97 Å². The lowest BCUT2D eigenvalue weighted by molar-refractivity contribution is 0.0952. The van der Waals surface area contributed by atoms with Crippen LogP contribution in [-0.4, -0.2) is 20.9 Å². The van der Waals surface area contributed by atoms with Gasteiger partial charge in [0.15, 0.2) is 0 Å². The summed E-state index contributed by atoms with van der Waals surface area (Å²) >= 11 is 1.43. The quantitative estimate of drug-likeness (QED) is 0.901. The summed E-state index contributed by atoms with van der Waals surface area (Å²) in [7, 11) is 0. The maximum atomic E-state index is 12.2. The van der Waals surface area contributed by atoms with Crippen LogP contribution in [0.25, 0.3) is 0 Å². The molecule has 0 saturated heterocycles. The highest BCUT2D eigenvalue weighted by atomic mass is 32.1. The molecule has 0 unspecified atom stereocenters. The number of carbonyl (C=O) groups excluding carboxylic acids is 1. The lowest BCUT2D eigenvalue weighted by atomic mass is 10.0. The van der Waals surface area contributed by atoms with Gasteiger partial charge in [0.25, 0.3) is 5.91 Å². The average Bonchev–Trinajstić information content (AvgIpc) is 3.14. The van der Waals surface area contributed by atoms with Crippen molar-refractivity contribution in [2.75, 3.05) is 0 Å². The van der Waals surface area contributed by atoms with Gasteiger partial charge in [0.1, 0.15) is 10.7 Å². The van der Waals surface area contributed by atoms with Crippen LogP contribution >= 0.6 is 11.3 Å². The molecule has 0 aromatic carbocycles. The highest BCUT2D eigenvalue weighted by Crippen LogP contribution is 2.36. The molecule has 5 nitrogen and oxygen atoms in total. The van der Waals surface area contributed by atoms with E-state index in [0.717, 1.165) is 29.2 Å². The topological polar surface area (TPSA) is 70.7 Å². The summed E-state index contributed by atoms with van der Waals surface area (Å²) in [5.41, 5.74) is 2.76. The van der Waals surface area contributed by atoms with Crippen LogP contribution in [0.2, 0.25) is 0 Å². The molecule has 19 heavy (non-hydrogen) atoms. The van der Waals surface area contributed by atoms with E-state index in [1.165, 1.54) is 24.2 Å². The number of H-pyrrole nitrogens is 1. The van der Waals surface area contributed by atoms with Gasteiger partial charge in [-0.3, -0.25) is 4.79 Å². The van der Waals surface area contributed by atoms with Crippen LogP contribution in [0.5, 0.6) is 0 Å². The molecule has 1 amide bonds. The maximum Gasteiger partial charge on any atom is 0.263 e. The molecule has 0 aliphatic heterocycles. The van der Waals surface area contributed by atoms with E-state index in [-0.39, 0.29) is 5.91 Å². The Morgan fingerprint density at radius 3 is 3.00 bits per heavy atom. The number of imidazole rings is 1. The Kier molecular flexibility index (Phi) is 3.59. The van der Waals surface area contributed by atoms with Gasteiger partial charge in [-0.2, -0.15) is 0 Å². The monoisotopic (exact) mass is 276 g/mol. The first-order valence-corrected chi connectivity index (χ1v) is 7.42. The molecule has 1 saturated carbocycles. The largest absolute Gasteiger partial charge is 0.347 e. The van der Waals surface area contributed by atoms with Crippen molar-refractivity contribution in [3.63, 3.8) is 0 Å². The standard InChI is InChI=1S/C13H16N4OS/c18-13(16-7-10-14-5-6-15-10)12-11(17-8-19-12)9-3-1-2-4-9/h5-6,8-9H,1-4,7H2,(H,14,15)(H,16,18). The van der Waals surface area contributed by atoms with Crippen molar-refractivity contribution in [3.05, 3.63) is 34.3 Å². The fraction of sp³-hybridized carbons (Fsp3) is 0.462. The van der Waals surface area contributed by atoms with Crippen molar-refractivity contribution in [3.8, 4) is 0 Å². The molecular weight excluding hydrogens is 260 g/mol. The van der Waals surface area contributed by atoms with Crippen molar-refractivity contribution < 1.29 is 4.79 Å². The van der Waals surface area contributed by atoms with Gasteiger partial charge in [-0.05, 0) is 12.8 Å². The van der Waals surface area contributed by atoms with Crippen LogP contribution in [0.1, 0.15) is 52.8 Å². The average molecular weight is 276 g/mol. The number of aromatic nitrogens is 3. The predicted octanol–water partition coefficient (Wildman–Crippen LogP) is 2.45. The van der Waals surface area contributed by atoms with E-state index in [1.807, 2.05) is 0 Å². The smallest absolute Gasteiger partial charge is 0.263 e. The fourth-order valence-electron chi connectivity index (χ4n) is 2.55. The zero-order chi connectivity index (χ0) is 13.1. The van der Waals surface area contributed by atoms with Crippen molar-refractivity contribution in [1.82, 2.24) is 20.3 Å². The second-order valence-electron chi connectivity index (χ2n) is 4.77. The van der Waals surface area contributed by atoms with E-state index in [1.54, 1.807) is 17.9 Å². The first kappa shape index (κ1) is 12.3. The molecule has 2 N–H and O–H groups in total. The highest BCUT2D eigenvalue weighted by molar-refractivity contribution is 7.11. The Morgan fingerprint density at radius 1 is 1.42 bits per heavy atom. The minimum Gasteiger partial charge on any atom is -0.347 e. The Labute approximate surface area is 115 Å². The van der Waals surface area contributed by atoms with Crippen molar-refractivity contribution in [1.29, 1.82) is 0 Å². The number of hydrogen-bond donors (Lipinski definition) is 2. The molecule has 100 valence electrons. The summed E-state index contributed by atoms with van der Waals surface area (Å²) in [5, 5.41) is 2.89. The van der Waals surface area contributed by atoms with E-state index < -0.39 is 0 Å². The van der Waals surface area contributed by atoms with Gasteiger partial charge < -0.3 is 10.3 Å². The molecule has 2 heterocycles. The summed E-state index contributed by atoms with van der Waals surface area (Å²) in [6.07, 6.45) is 8.23. The van der Waals surface area contributed by atoms with E-state index >= 15 is 0 Å². The first-order chi connectivity index (χ1) is 9.34. The van der Waals surface area contributed by atoms with E-state index in [2.05, 4.69) is 20.3 Å². The zero-order valence-electron chi connectivity index (χ0n) is 10.6. The van der Waals surface area contributed by atoms with E-state index in [4.69, 9.17) is 0 Å². The third kappa shape index (κ3) is 2.68. The zero-order valence-corrected chi connectivity index (χ0v) is 11.4. The van der Waals surface area contributed by atoms with Crippen molar-refractivity contribution in [2.45, 2.75) is 38.1 Å². The molecule has 0 atom stereocenters. The molecule has 0 spiro atoms. The Bertz CT molecular complexity index is 543. The molecular formula is C13H16N4OS. The number of hydrogen-bond acceptors (Lipinski definition) is 4. The van der Waals surface area contributed by atoms with Crippen LogP contribution in [-0.2, 0) is 6.54 Å². The maximum absolute atomic E-state index is 12.2. The molecule has 1 fully saturated rings. The molecule has 3 rings (SSSR count). The summed E-state index contributed by atoms with van der Waals surface area (Å²) in [5.74, 6) is 1.19. The second-order valence-corrected chi connectivity index (χ2v) is 5.62. The van der Waals surface area contributed by atoms with Gasteiger partial charge in [0, 0.05) is 18.3 Å². The summed E-state index contributed by atoms with van der Waals surface area (Å²) in [6, 6.07) is 0. The molecule has 1 aliphatic rings. The lowest BCUT2D eigenvalue weighted by Gasteiger charge is -2.08.